The summed E-state index contributed by atoms with van der Waals surface area (Å²) >= 11 is 1.31. The van der Waals surface area contributed by atoms with Gasteiger partial charge in [0.2, 0.25) is 5.78 Å². The van der Waals surface area contributed by atoms with E-state index in [0.29, 0.717) is 27.3 Å². The van der Waals surface area contributed by atoms with Crippen LogP contribution >= 0.6 is 11.3 Å². The van der Waals surface area contributed by atoms with E-state index in [9.17, 15) is 22.8 Å². The predicted molar refractivity (Wildman–Crippen MR) is 99.1 cm³/mol. The number of rotatable bonds is 3. The van der Waals surface area contributed by atoms with Crippen molar-refractivity contribution in [3.8, 4) is 5.75 Å². The van der Waals surface area contributed by atoms with Gasteiger partial charge >= 0.3 is 12.1 Å². The molecule has 28 heavy (non-hydrogen) atoms. The topological polar surface area (TPSA) is 43.4 Å². The van der Waals surface area contributed by atoms with E-state index in [-0.39, 0.29) is 11.4 Å². The Morgan fingerprint density at radius 2 is 1.79 bits per heavy atom. The number of hydrogen-bond acceptors (Lipinski definition) is 4. The van der Waals surface area contributed by atoms with Crippen LogP contribution in [0.3, 0.4) is 0 Å². The van der Waals surface area contributed by atoms with Crippen molar-refractivity contribution in [2.45, 2.75) is 6.18 Å². The molecule has 140 valence electrons. The number of ether oxygens (including phenoxy) is 1. The Balaban J connectivity index is 1.71. The van der Waals surface area contributed by atoms with Crippen LogP contribution in [0.5, 0.6) is 5.75 Å². The molecule has 0 radical (unpaired) electrons. The lowest BCUT2D eigenvalue weighted by molar-refractivity contribution is -0.137. The molecule has 7 heteroatoms. The molecule has 2 heterocycles. The highest BCUT2D eigenvalue weighted by atomic mass is 32.1. The highest BCUT2D eigenvalue weighted by molar-refractivity contribution is 7.12. The molecule has 1 aliphatic heterocycles. The van der Waals surface area contributed by atoms with Crippen molar-refractivity contribution in [2.75, 3.05) is 0 Å². The molecule has 1 aromatic heterocycles. The van der Waals surface area contributed by atoms with Gasteiger partial charge in [-0.05, 0) is 53.4 Å². The maximum atomic E-state index is 12.7. The molecule has 0 saturated heterocycles. The van der Waals surface area contributed by atoms with Gasteiger partial charge in [0.25, 0.3) is 0 Å². The summed E-state index contributed by atoms with van der Waals surface area (Å²) in [7, 11) is 0. The zero-order valence-corrected chi connectivity index (χ0v) is 14.9. The normalized spacial score (nSPS) is 14.8. The SMILES string of the molecule is O=C1Oc2ccc(C(=O)c3cccs3)cc2/C1=C/c1ccc(C(F)(F)F)cc1. The summed E-state index contributed by atoms with van der Waals surface area (Å²) in [5.41, 5.74) is 0.677. The molecule has 0 spiro atoms. The fraction of sp³-hybridized carbons (Fsp3) is 0.0476. The van der Waals surface area contributed by atoms with Gasteiger partial charge < -0.3 is 4.74 Å². The fourth-order valence-electron chi connectivity index (χ4n) is 2.86. The second-order valence-corrected chi connectivity index (χ2v) is 7.03. The summed E-state index contributed by atoms with van der Waals surface area (Å²) in [6.07, 6.45) is -2.98. The van der Waals surface area contributed by atoms with Gasteiger partial charge in [-0.15, -0.1) is 11.3 Å². The van der Waals surface area contributed by atoms with Crippen LogP contribution in [0.15, 0.2) is 60.0 Å². The van der Waals surface area contributed by atoms with Crippen LogP contribution in [-0.4, -0.2) is 11.8 Å². The second kappa shape index (κ2) is 6.76. The molecule has 3 nitrogen and oxygen atoms in total. The van der Waals surface area contributed by atoms with Gasteiger partial charge in [0.15, 0.2) is 0 Å². The highest BCUT2D eigenvalue weighted by Crippen LogP contribution is 2.37. The van der Waals surface area contributed by atoms with Crippen LogP contribution in [0.25, 0.3) is 11.6 Å². The number of thiophene rings is 1. The van der Waals surface area contributed by atoms with Crippen LogP contribution < -0.4 is 4.74 Å². The standard InChI is InChI=1S/C21H11F3O3S/c22-21(23,24)14-6-3-12(4-7-14)10-16-15-11-13(5-8-17(15)27-20(16)26)19(25)18-2-1-9-28-18/h1-11H/b16-10-. The Kier molecular flexibility index (Phi) is 4.39. The fourth-order valence-corrected chi connectivity index (χ4v) is 3.54. The minimum Gasteiger partial charge on any atom is -0.422 e. The molecule has 2 aromatic carbocycles. The molecule has 0 atom stereocenters. The molecule has 0 N–H and O–H groups in total. The first-order valence-corrected chi connectivity index (χ1v) is 9.05. The Bertz CT molecular complexity index is 1090. The second-order valence-electron chi connectivity index (χ2n) is 6.08. The quantitative estimate of drug-likeness (QED) is 0.254. The first-order chi connectivity index (χ1) is 13.3. The van der Waals surface area contributed by atoms with Crippen LogP contribution in [0.2, 0.25) is 0 Å². The van der Waals surface area contributed by atoms with Crippen LogP contribution in [0.4, 0.5) is 13.2 Å². The molecular formula is C21H11F3O3S. The molecule has 0 unspecified atom stereocenters. The summed E-state index contributed by atoms with van der Waals surface area (Å²) in [4.78, 5) is 25.3. The number of carbonyl (C=O) groups is 2. The third-order valence-corrected chi connectivity index (χ3v) is 5.12. The number of hydrogen-bond donors (Lipinski definition) is 0. The molecule has 0 aliphatic carbocycles. The zero-order chi connectivity index (χ0) is 19.9. The number of esters is 1. The number of alkyl halides is 3. The van der Waals surface area contributed by atoms with Crippen LogP contribution in [0.1, 0.15) is 31.9 Å². The Hall–Kier alpha value is -3.19. The van der Waals surface area contributed by atoms with E-state index < -0.39 is 17.7 Å². The monoisotopic (exact) mass is 400 g/mol. The maximum absolute atomic E-state index is 12.7. The third kappa shape index (κ3) is 3.36. The smallest absolute Gasteiger partial charge is 0.416 e. The summed E-state index contributed by atoms with van der Waals surface area (Å²) in [5, 5.41) is 1.79. The first-order valence-electron chi connectivity index (χ1n) is 8.17. The number of fused-ring (bicyclic) bond motifs is 1. The Morgan fingerprint density at radius 1 is 1.04 bits per heavy atom. The van der Waals surface area contributed by atoms with E-state index >= 15 is 0 Å². The van der Waals surface area contributed by atoms with Crippen LogP contribution in [-0.2, 0) is 11.0 Å². The predicted octanol–water partition coefficient (Wildman–Crippen LogP) is 5.46. The lowest BCUT2D eigenvalue weighted by atomic mass is 9.99. The van der Waals surface area contributed by atoms with Gasteiger partial charge in [-0.25, -0.2) is 4.79 Å². The molecular weight excluding hydrogens is 389 g/mol. The van der Waals surface area contributed by atoms with Crippen molar-refractivity contribution in [1.82, 2.24) is 0 Å². The van der Waals surface area contributed by atoms with Crippen LogP contribution in [0, 0.1) is 0 Å². The minimum atomic E-state index is -4.43. The van der Waals surface area contributed by atoms with Crippen molar-refractivity contribution in [1.29, 1.82) is 0 Å². The van der Waals surface area contributed by atoms with E-state index in [2.05, 4.69) is 0 Å². The Labute approximate surface area is 161 Å². The lowest BCUT2D eigenvalue weighted by Gasteiger charge is -2.06. The maximum Gasteiger partial charge on any atom is 0.416 e. The minimum absolute atomic E-state index is 0.175. The van der Waals surface area contributed by atoms with Gasteiger partial charge in [0.05, 0.1) is 16.0 Å². The van der Waals surface area contributed by atoms with Gasteiger partial charge in [-0.3, -0.25) is 4.79 Å². The highest BCUT2D eigenvalue weighted by Gasteiger charge is 2.31. The van der Waals surface area contributed by atoms with E-state index in [4.69, 9.17) is 4.74 Å². The summed E-state index contributed by atoms with van der Waals surface area (Å²) in [6, 6.07) is 12.6. The number of ketones is 1. The molecule has 4 rings (SSSR count). The van der Waals surface area contributed by atoms with Crippen molar-refractivity contribution in [3.63, 3.8) is 0 Å². The van der Waals surface area contributed by atoms with E-state index in [0.717, 1.165) is 12.1 Å². The van der Waals surface area contributed by atoms with Gasteiger partial charge in [0.1, 0.15) is 5.75 Å². The van der Waals surface area contributed by atoms with Crippen molar-refractivity contribution in [2.24, 2.45) is 0 Å². The van der Waals surface area contributed by atoms with E-state index in [1.165, 1.54) is 29.5 Å². The number of halogens is 3. The van der Waals surface area contributed by atoms with E-state index in [1.54, 1.807) is 35.7 Å². The zero-order valence-electron chi connectivity index (χ0n) is 14.1. The third-order valence-electron chi connectivity index (χ3n) is 4.25. The average molecular weight is 400 g/mol. The molecule has 0 amide bonds. The van der Waals surface area contributed by atoms with Crippen molar-refractivity contribution < 1.29 is 27.5 Å². The Morgan fingerprint density at radius 3 is 2.43 bits per heavy atom. The van der Waals surface area contributed by atoms with Gasteiger partial charge in [-0.2, -0.15) is 13.2 Å². The number of carbonyl (C=O) groups excluding carboxylic acids is 2. The summed E-state index contributed by atoms with van der Waals surface area (Å²) < 4.78 is 43.3. The van der Waals surface area contributed by atoms with Crippen molar-refractivity contribution in [3.05, 3.63) is 87.1 Å². The molecule has 0 bridgehead atoms. The molecule has 1 aliphatic rings. The molecule has 0 saturated carbocycles. The van der Waals surface area contributed by atoms with Gasteiger partial charge in [0, 0.05) is 11.1 Å². The first kappa shape index (κ1) is 18.2. The number of benzene rings is 2. The lowest BCUT2D eigenvalue weighted by Crippen LogP contribution is -2.04. The van der Waals surface area contributed by atoms with Gasteiger partial charge in [-0.1, -0.05) is 18.2 Å². The van der Waals surface area contributed by atoms with Crippen molar-refractivity contribution >= 4 is 34.7 Å². The summed E-state index contributed by atoms with van der Waals surface area (Å²) in [5.74, 6) is -0.479. The average Bonchev–Trinajstić information content (AvgIpc) is 3.29. The largest absolute Gasteiger partial charge is 0.422 e. The van der Waals surface area contributed by atoms with E-state index in [1.807, 2.05) is 0 Å². The molecule has 0 fully saturated rings. The molecule has 3 aromatic rings. The summed E-state index contributed by atoms with van der Waals surface area (Å²) in [6.45, 7) is 0.